The molecule has 1 aromatic heterocycles. The van der Waals surface area contributed by atoms with Crippen LogP contribution in [0.4, 0.5) is 0 Å². The molecule has 0 aliphatic heterocycles. The second-order valence-electron chi connectivity index (χ2n) is 7.51. The van der Waals surface area contributed by atoms with E-state index in [0.29, 0.717) is 5.92 Å². The third-order valence-corrected chi connectivity index (χ3v) is 5.52. The van der Waals surface area contributed by atoms with Gasteiger partial charge in [-0.25, -0.2) is 4.98 Å². The number of aromatic nitrogens is 2. The van der Waals surface area contributed by atoms with Crippen molar-refractivity contribution in [3.63, 3.8) is 0 Å². The average Bonchev–Trinajstić information content (AvgIpc) is 3.32. The third kappa shape index (κ3) is 2.52. The van der Waals surface area contributed by atoms with Gasteiger partial charge in [0.2, 0.25) is 0 Å². The first-order chi connectivity index (χ1) is 13.2. The van der Waals surface area contributed by atoms with Gasteiger partial charge in [0, 0.05) is 18.0 Å². The average molecular weight is 350 g/mol. The van der Waals surface area contributed by atoms with Crippen molar-refractivity contribution in [2.45, 2.75) is 26.2 Å². The van der Waals surface area contributed by atoms with Crippen LogP contribution in [0.1, 0.15) is 36.5 Å². The van der Waals surface area contributed by atoms with E-state index in [1.54, 1.807) is 0 Å². The number of hydrogen-bond donors (Lipinski definition) is 0. The second-order valence-corrected chi connectivity index (χ2v) is 7.51. The Labute approximate surface area is 160 Å². The van der Waals surface area contributed by atoms with Crippen LogP contribution in [0.15, 0.2) is 79.1 Å². The van der Waals surface area contributed by atoms with Crippen LogP contribution in [0.5, 0.6) is 0 Å². The summed E-state index contributed by atoms with van der Waals surface area (Å²) >= 11 is 0. The quantitative estimate of drug-likeness (QED) is 0.377. The van der Waals surface area contributed by atoms with Crippen molar-refractivity contribution < 1.29 is 0 Å². The lowest BCUT2D eigenvalue weighted by atomic mass is 9.98. The topological polar surface area (TPSA) is 17.8 Å². The molecule has 1 aliphatic rings. The van der Waals surface area contributed by atoms with Crippen LogP contribution in [0, 0.1) is 0 Å². The standard InChI is InChI=1S/C25H22N2/c1-17(2)20-10-5-6-13-23(20)27-15-14-26-25(27)22-12-7-9-19-16-18-8-3-4-11-21(18)24(19)22/h3-15,17H,16H2,1-2H3. The van der Waals surface area contributed by atoms with E-state index in [0.717, 1.165) is 12.2 Å². The van der Waals surface area contributed by atoms with E-state index in [4.69, 9.17) is 4.98 Å². The Hall–Kier alpha value is -3.13. The summed E-state index contributed by atoms with van der Waals surface area (Å²) < 4.78 is 2.24. The molecule has 27 heavy (non-hydrogen) atoms. The van der Waals surface area contributed by atoms with E-state index in [1.807, 2.05) is 6.20 Å². The normalized spacial score (nSPS) is 12.3. The van der Waals surface area contributed by atoms with E-state index in [9.17, 15) is 0 Å². The molecule has 2 heteroatoms. The number of hydrogen-bond acceptors (Lipinski definition) is 1. The summed E-state index contributed by atoms with van der Waals surface area (Å²) in [6.07, 6.45) is 4.99. The zero-order valence-corrected chi connectivity index (χ0v) is 15.7. The highest BCUT2D eigenvalue weighted by Gasteiger charge is 2.23. The first-order valence-electron chi connectivity index (χ1n) is 9.57. The molecule has 3 aromatic carbocycles. The summed E-state index contributed by atoms with van der Waals surface area (Å²) in [5.74, 6) is 1.47. The van der Waals surface area contributed by atoms with Crippen LogP contribution < -0.4 is 0 Å². The lowest BCUT2D eigenvalue weighted by Gasteiger charge is -2.17. The molecule has 0 N–H and O–H groups in total. The van der Waals surface area contributed by atoms with Crippen molar-refractivity contribution in [2.75, 3.05) is 0 Å². The molecule has 132 valence electrons. The van der Waals surface area contributed by atoms with Gasteiger partial charge in [-0.15, -0.1) is 0 Å². The van der Waals surface area contributed by atoms with Crippen LogP contribution in [0.3, 0.4) is 0 Å². The fraction of sp³-hybridized carbons (Fsp3) is 0.160. The summed E-state index contributed by atoms with van der Waals surface area (Å²) in [5.41, 5.74) is 9.23. The van der Waals surface area contributed by atoms with Gasteiger partial charge in [0.15, 0.2) is 0 Å². The van der Waals surface area contributed by atoms with Crippen LogP contribution in [-0.4, -0.2) is 9.55 Å². The summed E-state index contributed by atoms with van der Waals surface area (Å²) in [7, 11) is 0. The molecule has 1 heterocycles. The molecule has 1 aliphatic carbocycles. The maximum atomic E-state index is 4.78. The van der Waals surface area contributed by atoms with Crippen molar-refractivity contribution in [1.82, 2.24) is 9.55 Å². The molecule has 0 saturated heterocycles. The predicted octanol–water partition coefficient (Wildman–Crippen LogP) is 6.23. The minimum Gasteiger partial charge on any atom is -0.300 e. The number of para-hydroxylation sites is 1. The van der Waals surface area contributed by atoms with Gasteiger partial charge >= 0.3 is 0 Å². The van der Waals surface area contributed by atoms with Crippen molar-refractivity contribution in [2.24, 2.45) is 0 Å². The van der Waals surface area contributed by atoms with E-state index in [2.05, 4.69) is 91.3 Å². The van der Waals surface area contributed by atoms with Crippen LogP contribution in [0.2, 0.25) is 0 Å². The number of benzene rings is 3. The Balaban J connectivity index is 1.74. The maximum absolute atomic E-state index is 4.78. The Kier molecular flexibility index (Phi) is 3.71. The van der Waals surface area contributed by atoms with Gasteiger partial charge in [0.1, 0.15) is 5.82 Å². The molecule has 0 amide bonds. The van der Waals surface area contributed by atoms with Crippen molar-refractivity contribution in [1.29, 1.82) is 0 Å². The Morgan fingerprint density at radius 3 is 2.44 bits per heavy atom. The van der Waals surface area contributed by atoms with Gasteiger partial charge in [-0.05, 0) is 46.2 Å². The molecule has 0 atom stereocenters. The fourth-order valence-electron chi connectivity index (χ4n) is 4.27. The molecule has 2 nitrogen and oxygen atoms in total. The van der Waals surface area contributed by atoms with Crippen molar-refractivity contribution in [3.05, 3.63) is 95.8 Å². The Morgan fingerprint density at radius 1 is 0.815 bits per heavy atom. The SMILES string of the molecule is CC(C)c1ccccc1-n1ccnc1-c1cccc2c1-c1ccccc1C2. The van der Waals surface area contributed by atoms with Gasteiger partial charge in [0.25, 0.3) is 0 Å². The highest BCUT2D eigenvalue weighted by molar-refractivity contribution is 5.89. The summed E-state index contributed by atoms with van der Waals surface area (Å²) in [6.45, 7) is 4.48. The molecule has 0 saturated carbocycles. The maximum Gasteiger partial charge on any atom is 0.145 e. The monoisotopic (exact) mass is 350 g/mol. The molecule has 5 rings (SSSR count). The third-order valence-electron chi connectivity index (χ3n) is 5.52. The number of fused-ring (bicyclic) bond motifs is 3. The highest BCUT2D eigenvalue weighted by atomic mass is 15.1. The minimum atomic E-state index is 0.457. The molecular weight excluding hydrogens is 328 g/mol. The van der Waals surface area contributed by atoms with E-state index >= 15 is 0 Å². The molecule has 0 radical (unpaired) electrons. The first-order valence-corrected chi connectivity index (χ1v) is 9.57. The molecule has 0 bridgehead atoms. The van der Waals surface area contributed by atoms with Gasteiger partial charge in [-0.1, -0.05) is 74.5 Å². The van der Waals surface area contributed by atoms with E-state index < -0.39 is 0 Å². The second kappa shape index (κ2) is 6.24. The predicted molar refractivity (Wildman–Crippen MR) is 111 cm³/mol. The number of rotatable bonds is 3. The number of nitrogens with zero attached hydrogens (tertiary/aromatic N) is 2. The van der Waals surface area contributed by atoms with Gasteiger partial charge < -0.3 is 0 Å². The molecule has 0 fully saturated rings. The summed E-state index contributed by atoms with van der Waals surface area (Å²) in [5, 5.41) is 0. The largest absolute Gasteiger partial charge is 0.300 e. The lowest BCUT2D eigenvalue weighted by Crippen LogP contribution is -2.03. The van der Waals surface area contributed by atoms with Crippen molar-refractivity contribution >= 4 is 0 Å². The lowest BCUT2D eigenvalue weighted by molar-refractivity contribution is 0.847. The van der Waals surface area contributed by atoms with Gasteiger partial charge in [0.05, 0.1) is 5.69 Å². The van der Waals surface area contributed by atoms with Crippen LogP contribution in [-0.2, 0) is 6.42 Å². The smallest absolute Gasteiger partial charge is 0.145 e. The Morgan fingerprint density at radius 2 is 1.56 bits per heavy atom. The highest BCUT2D eigenvalue weighted by Crippen LogP contribution is 2.43. The molecule has 0 spiro atoms. The van der Waals surface area contributed by atoms with Gasteiger partial charge in [-0.3, -0.25) is 4.57 Å². The molecule has 0 unspecified atom stereocenters. The molecular formula is C25H22N2. The Bertz CT molecular complexity index is 1130. The van der Waals surface area contributed by atoms with E-state index in [-0.39, 0.29) is 0 Å². The zero-order chi connectivity index (χ0) is 18.4. The summed E-state index contributed by atoms with van der Waals surface area (Å²) in [4.78, 5) is 4.78. The molecule has 4 aromatic rings. The zero-order valence-electron chi connectivity index (χ0n) is 15.7. The van der Waals surface area contributed by atoms with Gasteiger partial charge in [-0.2, -0.15) is 0 Å². The van der Waals surface area contributed by atoms with Crippen LogP contribution >= 0.6 is 0 Å². The van der Waals surface area contributed by atoms with E-state index in [1.165, 1.54) is 39.1 Å². The van der Waals surface area contributed by atoms with Crippen LogP contribution in [0.25, 0.3) is 28.2 Å². The summed E-state index contributed by atoms with van der Waals surface area (Å²) in [6, 6.07) is 24.0. The first kappa shape index (κ1) is 16.1. The van der Waals surface area contributed by atoms with Crippen molar-refractivity contribution in [3.8, 4) is 28.2 Å². The fourth-order valence-corrected chi connectivity index (χ4v) is 4.27. The minimum absolute atomic E-state index is 0.457. The number of imidazole rings is 1.